The van der Waals surface area contributed by atoms with Crippen LogP contribution in [0.4, 0.5) is 5.69 Å². The van der Waals surface area contributed by atoms with Crippen molar-refractivity contribution in [3.8, 4) is 0 Å². The van der Waals surface area contributed by atoms with Crippen molar-refractivity contribution in [2.45, 2.75) is 19.8 Å². The minimum absolute atomic E-state index is 0.0504. The molecule has 1 unspecified atom stereocenters. The van der Waals surface area contributed by atoms with E-state index >= 15 is 0 Å². The third kappa shape index (κ3) is 4.55. The number of amides is 3. The van der Waals surface area contributed by atoms with Crippen molar-refractivity contribution in [2.24, 2.45) is 5.92 Å². The summed E-state index contributed by atoms with van der Waals surface area (Å²) in [6, 6.07) is 11.0. The molecule has 0 bridgehead atoms. The topological polar surface area (TPSA) is 91.7 Å². The number of benzene rings is 1. The maximum absolute atomic E-state index is 12.3. The van der Waals surface area contributed by atoms with Crippen LogP contribution < -0.4 is 15.5 Å². The standard InChI is InChI=1S/C20H23N3O4/c1-2-14-5-7-16(8-6-14)23-13-15(12-18(23)24)19(25)21-9-10-22-20(26)17-4-3-11-27-17/h3-8,11,15H,2,9-10,12-13H2,1H3,(H,21,25)(H,22,26). The maximum atomic E-state index is 12.3. The van der Waals surface area contributed by atoms with E-state index in [0.717, 1.165) is 12.1 Å². The van der Waals surface area contributed by atoms with Gasteiger partial charge in [0.2, 0.25) is 11.8 Å². The summed E-state index contributed by atoms with van der Waals surface area (Å²) in [4.78, 5) is 38.0. The third-order valence-corrected chi connectivity index (χ3v) is 4.61. The average molecular weight is 369 g/mol. The lowest BCUT2D eigenvalue weighted by Crippen LogP contribution is -2.38. The molecule has 142 valence electrons. The molecule has 1 saturated heterocycles. The molecule has 3 amide bonds. The van der Waals surface area contributed by atoms with Gasteiger partial charge in [0, 0.05) is 31.7 Å². The van der Waals surface area contributed by atoms with Crippen LogP contribution >= 0.6 is 0 Å². The molecule has 2 aromatic rings. The van der Waals surface area contributed by atoms with Crippen LogP contribution in [0.2, 0.25) is 0 Å². The van der Waals surface area contributed by atoms with Crippen LogP contribution in [0.3, 0.4) is 0 Å². The first-order chi connectivity index (χ1) is 13.1. The van der Waals surface area contributed by atoms with Crippen LogP contribution in [0.1, 0.15) is 29.5 Å². The van der Waals surface area contributed by atoms with Crippen LogP contribution in [0.15, 0.2) is 47.1 Å². The zero-order valence-corrected chi connectivity index (χ0v) is 15.2. The molecule has 0 aliphatic carbocycles. The van der Waals surface area contributed by atoms with E-state index in [9.17, 15) is 14.4 Å². The van der Waals surface area contributed by atoms with Gasteiger partial charge in [-0.05, 0) is 36.2 Å². The largest absolute Gasteiger partial charge is 0.459 e. The fourth-order valence-corrected chi connectivity index (χ4v) is 3.05. The van der Waals surface area contributed by atoms with Crippen molar-refractivity contribution < 1.29 is 18.8 Å². The number of nitrogens with zero attached hydrogens (tertiary/aromatic N) is 1. The normalized spacial score (nSPS) is 16.4. The molecule has 7 nitrogen and oxygen atoms in total. The summed E-state index contributed by atoms with van der Waals surface area (Å²) in [5.41, 5.74) is 2.02. The molecular formula is C20H23N3O4. The monoisotopic (exact) mass is 369 g/mol. The van der Waals surface area contributed by atoms with Gasteiger partial charge >= 0.3 is 0 Å². The highest BCUT2D eigenvalue weighted by Gasteiger charge is 2.34. The Morgan fingerprint density at radius 3 is 2.56 bits per heavy atom. The molecule has 1 aliphatic rings. The van der Waals surface area contributed by atoms with E-state index < -0.39 is 0 Å². The van der Waals surface area contributed by atoms with Gasteiger partial charge in [-0.25, -0.2) is 0 Å². The lowest BCUT2D eigenvalue weighted by Gasteiger charge is -2.17. The molecule has 0 spiro atoms. The number of hydrogen-bond acceptors (Lipinski definition) is 4. The summed E-state index contributed by atoms with van der Waals surface area (Å²) in [6.45, 7) is 3.03. The van der Waals surface area contributed by atoms with Crippen molar-refractivity contribution in [1.29, 1.82) is 0 Å². The zero-order chi connectivity index (χ0) is 19.2. The van der Waals surface area contributed by atoms with E-state index in [1.165, 1.54) is 11.8 Å². The van der Waals surface area contributed by atoms with Gasteiger partial charge in [-0.1, -0.05) is 19.1 Å². The van der Waals surface area contributed by atoms with Crippen molar-refractivity contribution >= 4 is 23.4 Å². The predicted octanol–water partition coefficient (Wildman–Crippen LogP) is 1.74. The molecule has 1 fully saturated rings. The number of aryl methyl sites for hydroxylation is 1. The number of rotatable bonds is 7. The molecule has 3 rings (SSSR count). The van der Waals surface area contributed by atoms with Gasteiger partial charge in [-0.2, -0.15) is 0 Å². The first-order valence-corrected chi connectivity index (χ1v) is 9.07. The van der Waals surface area contributed by atoms with Gasteiger partial charge in [0.15, 0.2) is 5.76 Å². The average Bonchev–Trinajstić information content (AvgIpc) is 3.35. The Morgan fingerprint density at radius 1 is 1.15 bits per heavy atom. The molecule has 1 aromatic carbocycles. The highest BCUT2D eigenvalue weighted by atomic mass is 16.3. The Morgan fingerprint density at radius 2 is 1.89 bits per heavy atom. The van der Waals surface area contributed by atoms with Gasteiger partial charge in [0.1, 0.15) is 0 Å². The summed E-state index contributed by atoms with van der Waals surface area (Å²) in [7, 11) is 0. The zero-order valence-electron chi connectivity index (χ0n) is 15.2. The van der Waals surface area contributed by atoms with Crippen LogP contribution in [-0.2, 0) is 16.0 Å². The van der Waals surface area contributed by atoms with Gasteiger partial charge in [0.05, 0.1) is 12.2 Å². The Bertz CT molecular complexity index is 799. The van der Waals surface area contributed by atoms with Crippen LogP contribution in [0.5, 0.6) is 0 Å². The Balaban J connectivity index is 1.45. The van der Waals surface area contributed by atoms with Crippen LogP contribution in [-0.4, -0.2) is 37.4 Å². The lowest BCUT2D eigenvalue weighted by atomic mass is 10.1. The summed E-state index contributed by atoms with van der Waals surface area (Å²) in [5.74, 6) is -0.711. The van der Waals surface area contributed by atoms with E-state index in [1.807, 2.05) is 24.3 Å². The summed E-state index contributed by atoms with van der Waals surface area (Å²) in [6.07, 6.45) is 2.56. The number of carbonyl (C=O) groups is 3. The number of anilines is 1. The maximum Gasteiger partial charge on any atom is 0.287 e. The van der Waals surface area contributed by atoms with Crippen LogP contribution in [0.25, 0.3) is 0 Å². The molecule has 0 saturated carbocycles. The highest BCUT2D eigenvalue weighted by Crippen LogP contribution is 2.25. The SMILES string of the molecule is CCc1ccc(N2CC(C(=O)NCCNC(=O)c3ccco3)CC2=O)cc1. The van der Waals surface area contributed by atoms with Gasteiger partial charge in [-0.3, -0.25) is 14.4 Å². The van der Waals surface area contributed by atoms with Gasteiger partial charge in [0.25, 0.3) is 5.91 Å². The second-order valence-electron chi connectivity index (χ2n) is 6.45. The number of nitrogens with one attached hydrogen (secondary N) is 2. The first-order valence-electron chi connectivity index (χ1n) is 9.07. The van der Waals surface area contributed by atoms with Crippen LogP contribution in [0, 0.1) is 5.92 Å². The molecule has 7 heteroatoms. The second kappa shape index (κ2) is 8.53. The molecule has 1 atom stereocenters. The predicted molar refractivity (Wildman–Crippen MR) is 100 cm³/mol. The quantitative estimate of drug-likeness (QED) is 0.727. The molecule has 0 radical (unpaired) electrons. The fourth-order valence-electron chi connectivity index (χ4n) is 3.05. The minimum atomic E-state index is -0.385. The Hall–Kier alpha value is -3.09. The van der Waals surface area contributed by atoms with E-state index in [1.54, 1.807) is 17.0 Å². The van der Waals surface area contributed by atoms with Crippen molar-refractivity contribution in [2.75, 3.05) is 24.5 Å². The van der Waals surface area contributed by atoms with E-state index in [4.69, 9.17) is 4.42 Å². The fraction of sp³-hybridized carbons (Fsp3) is 0.350. The molecule has 2 heterocycles. The molecular weight excluding hydrogens is 346 g/mol. The summed E-state index contributed by atoms with van der Waals surface area (Å²) >= 11 is 0. The molecule has 1 aromatic heterocycles. The second-order valence-corrected chi connectivity index (χ2v) is 6.45. The van der Waals surface area contributed by atoms with Gasteiger partial charge < -0.3 is 20.0 Å². The van der Waals surface area contributed by atoms with Gasteiger partial charge in [-0.15, -0.1) is 0 Å². The van der Waals surface area contributed by atoms with Crippen molar-refractivity contribution in [3.63, 3.8) is 0 Å². The Labute approximate surface area is 157 Å². The van der Waals surface area contributed by atoms with Crippen molar-refractivity contribution in [1.82, 2.24) is 10.6 Å². The van der Waals surface area contributed by atoms with E-state index in [0.29, 0.717) is 13.1 Å². The third-order valence-electron chi connectivity index (χ3n) is 4.61. The first kappa shape index (κ1) is 18.7. The smallest absolute Gasteiger partial charge is 0.287 e. The minimum Gasteiger partial charge on any atom is -0.459 e. The molecule has 27 heavy (non-hydrogen) atoms. The number of furan rings is 1. The highest BCUT2D eigenvalue weighted by molar-refractivity contribution is 6.00. The lowest BCUT2D eigenvalue weighted by molar-refractivity contribution is -0.126. The summed E-state index contributed by atoms with van der Waals surface area (Å²) < 4.78 is 4.99. The number of carbonyl (C=O) groups excluding carboxylic acids is 3. The number of hydrogen-bond donors (Lipinski definition) is 2. The van der Waals surface area contributed by atoms with E-state index in [2.05, 4.69) is 17.6 Å². The van der Waals surface area contributed by atoms with Crippen molar-refractivity contribution in [3.05, 3.63) is 54.0 Å². The summed E-state index contributed by atoms with van der Waals surface area (Å²) in [5, 5.41) is 5.43. The molecule has 1 aliphatic heterocycles. The molecule has 2 N–H and O–H groups in total. The van der Waals surface area contributed by atoms with E-state index in [-0.39, 0.29) is 42.4 Å². The Kier molecular flexibility index (Phi) is 5.90.